The van der Waals surface area contributed by atoms with Gasteiger partial charge >= 0.3 is 18.9 Å². The molecule has 1 rings (SSSR count). The summed E-state index contributed by atoms with van der Waals surface area (Å²) in [6.45, 7) is 5.66. The van der Waals surface area contributed by atoms with E-state index in [4.69, 9.17) is 0 Å². The summed E-state index contributed by atoms with van der Waals surface area (Å²) >= 11 is 0. The molecule has 0 heterocycles. The van der Waals surface area contributed by atoms with Crippen molar-refractivity contribution in [2.24, 2.45) is 0 Å². The number of hydrogen-bond acceptors (Lipinski definition) is 0. The molecule has 46 valence electrons. The molecule has 1 heteroatoms. The van der Waals surface area contributed by atoms with Crippen molar-refractivity contribution in [3.05, 3.63) is 42.0 Å². The molecule has 0 amide bonds. The fraction of sp³-hybridized carbons (Fsp3) is 0.111. The Hall–Kier alpha value is -0.443. The van der Waals surface area contributed by atoms with E-state index in [1.165, 1.54) is 5.56 Å². The van der Waals surface area contributed by atoms with E-state index in [9.17, 15) is 0 Å². The molecule has 0 aliphatic carbocycles. The minimum atomic E-state index is 0. The molecule has 10 heavy (non-hydrogen) atoms. The summed E-state index contributed by atoms with van der Waals surface area (Å²) in [5.41, 5.74) is 2.29. The summed E-state index contributed by atoms with van der Waals surface area (Å²) in [6, 6.07) is 9.06. The van der Waals surface area contributed by atoms with Crippen molar-refractivity contribution in [1.29, 1.82) is 0 Å². The van der Waals surface area contributed by atoms with Gasteiger partial charge in [0, 0.05) is 0 Å². The van der Waals surface area contributed by atoms with E-state index >= 15 is 0 Å². The fourth-order valence-corrected chi connectivity index (χ4v) is 0.642. The third kappa shape index (κ3) is 2.43. The smallest absolute Gasteiger partial charge is 0.180 e. The zero-order valence-corrected chi connectivity index (χ0v) is 6.52. The van der Waals surface area contributed by atoms with Crippen LogP contribution in [0.4, 0.5) is 0 Å². The molecule has 0 unspecified atom stereocenters. The molecule has 0 aliphatic heterocycles. The van der Waals surface area contributed by atoms with Gasteiger partial charge in [-0.05, 0) is 0 Å². The molecule has 0 nitrogen and oxygen atoms in total. The molecule has 0 spiro atoms. The van der Waals surface area contributed by atoms with Gasteiger partial charge in [-0.2, -0.15) is 29.8 Å². The van der Waals surface area contributed by atoms with Gasteiger partial charge in [-0.1, -0.05) is 6.92 Å². The van der Waals surface area contributed by atoms with E-state index in [2.05, 4.69) is 12.6 Å². The minimum absolute atomic E-state index is 0. The number of aryl methyl sites for hydroxylation is 1. The zero-order chi connectivity index (χ0) is 6.69. The average Bonchev–Trinajstić information content (AvgIpc) is 1.90. The first-order valence-corrected chi connectivity index (χ1v) is 2.93. The van der Waals surface area contributed by atoms with Gasteiger partial charge in [0.2, 0.25) is 0 Å². The predicted molar refractivity (Wildman–Crippen MR) is 40.1 cm³/mol. The maximum atomic E-state index is 3.64. The maximum absolute atomic E-state index is 3.64. The van der Waals surface area contributed by atoms with Crippen molar-refractivity contribution in [2.45, 2.75) is 6.92 Å². The van der Waals surface area contributed by atoms with Crippen LogP contribution in [0.15, 0.2) is 24.8 Å². The zero-order valence-electron chi connectivity index (χ0n) is 6.52. The molecule has 0 saturated carbocycles. The first-order valence-electron chi connectivity index (χ1n) is 2.93. The Morgan fingerprint density at radius 2 is 2.20 bits per heavy atom. The Kier molecular flexibility index (Phi) is 4.19. The van der Waals surface area contributed by atoms with Gasteiger partial charge in [0.25, 0.3) is 0 Å². The normalized spacial score (nSPS) is 8.10. The van der Waals surface area contributed by atoms with Crippen molar-refractivity contribution in [3.63, 3.8) is 0 Å². The van der Waals surface area contributed by atoms with E-state index < -0.39 is 0 Å². The second kappa shape index (κ2) is 4.39. The van der Waals surface area contributed by atoms with Crippen molar-refractivity contribution >= 4 is 6.08 Å². The molecule has 1 aromatic carbocycles. The predicted octanol–water partition coefficient (Wildman–Crippen LogP) is -0.558. The topological polar surface area (TPSA) is 0 Å². The monoisotopic (exact) mass is 124 g/mol. The van der Waals surface area contributed by atoms with E-state index in [0.29, 0.717) is 0 Å². The summed E-state index contributed by atoms with van der Waals surface area (Å²) in [6.07, 6.45) is 1.82. The molecule has 0 bridgehead atoms. The summed E-state index contributed by atoms with van der Waals surface area (Å²) in [4.78, 5) is 0. The standard InChI is InChI=1S/C9H9.Li/c1-3-9-6-4-8(2)5-7-9;/h3-4,6-7H,1H2,2H3;/q-1;+1. The molecule has 0 fully saturated rings. The Morgan fingerprint density at radius 1 is 1.50 bits per heavy atom. The molecular formula is C9H9Li. The third-order valence-electron chi connectivity index (χ3n) is 1.23. The van der Waals surface area contributed by atoms with Crippen LogP contribution in [0.25, 0.3) is 6.08 Å². The molecule has 0 radical (unpaired) electrons. The van der Waals surface area contributed by atoms with Crippen LogP contribution < -0.4 is 18.9 Å². The Morgan fingerprint density at radius 3 is 2.60 bits per heavy atom. The number of hydrogen-bond donors (Lipinski definition) is 0. The van der Waals surface area contributed by atoms with Gasteiger partial charge < -0.3 is 0 Å². The van der Waals surface area contributed by atoms with Gasteiger partial charge in [-0.3, -0.25) is 0 Å². The molecule has 0 aliphatic rings. The van der Waals surface area contributed by atoms with Crippen molar-refractivity contribution in [1.82, 2.24) is 0 Å². The SMILES string of the molecule is C=Cc1c[c-]c(C)cc1.[Li+]. The molecule has 0 atom stereocenters. The van der Waals surface area contributed by atoms with E-state index in [0.717, 1.165) is 5.56 Å². The van der Waals surface area contributed by atoms with E-state index in [1.54, 1.807) is 0 Å². The number of benzene rings is 1. The first-order chi connectivity index (χ1) is 4.33. The van der Waals surface area contributed by atoms with Crippen LogP contribution in [0, 0.1) is 13.0 Å². The van der Waals surface area contributed by atoms with Gasteiger partial charge in [-0.15, -0.1) is 18.2 Å². The summed E-state index contributed by atoms with van der Waals surface area (Å²) < 4.78 is 0. The van der Waals surface area contributed by atoms with E-state index in [-0.39, 0.29) is 18.9 Å². The molecule has 0 aromatic heterocycles. The maximum Gasteiger partial charge on any atom is 1.00 e. The van der Waals surface area contributed by atoms with Crippen LogP contribution in [-0.2, 0) is 0 Å². The van der Waals surface area contributed by atoms with Crippen LogP contribution in [0.2, 0.25) is 0 Å². The molecule has 0 N–H and O–H groups in total. The fourth-order valence-electron chi connectivity index (χ4n) is 0.642. The van der Waals surface area contributed by atoms with Crippen molar-refractivity contribution in [3.8, 4) is 0 Å². The van der Waals surface area contributed by atoms with Crippen LogP contribution >= 0.6 is 0 Å². The van der Waals surface area contributed by atoms with Gasteiger partial charge in [-0.25, -0.2) is 0 Å². The van der Waals surface area contributed by atoms with Gasteiger partial charge in [0.15, 0.2) is 0 Å². The quantitative estimate of drug-likeness (QED) is 0.348. The van der Waals surface area contributed by atoms with Crippen LogP contribution in [0.1, 0.15) is 11.1 Å². The minimum Gasteiger partial charge on any atom is -0.180 e. The third-order valence-corrected chi connectivity index (χ3v) is 1.23. The first kappa shape index (κ1) is 9.56. The summed E-state index contributed by atoms with van der Waals surface area (Å²) in [7, 11) is 0. The summed E-state index contributed by atoms with van der Waals surface area (Å²) in [5.74, 6) is 0. The average molecular weight is 124 g/mol. The van der Waals surface area contributed by atoms with Crippen molar-refractivity contribution in [2.75, 3.05) is 0 Å². The summed E-state index contributed by atoms with van der Waals surface area (Å²) in [5, 5.41) is 0. The Balaban J connectivity index is 0.000000810. The van der Waals surface area contributed by atoms with Crippen LogP contribution in [0.5, 0.6) is 0 Å². The Bertz CT molecular complexity index is 198. The second-order valence-corrected chi connectivity index (χ2v) is 2.01. The second-order valence-electron chi connectivity index (χ2n) is 2.01. The molecule has 1 aromatic rings. The van der Waals surface area contributed by atoms with Crippen LogP contribution in [-0.4, -0.2) is 0 Å². The van der Waals surface area contributed by atoms with Gasteiger partial charge in [0.05, 0.1) is 0 Å². The van der Waals surface area contributed by atoms with Gasteiger partial charge in [0.1, 0.15) is 0 Å². The van der Waals surface area contributed by atoms with E-state index in [1.807, 2.05) is 31.2 Å². The Labute approximate surface area is 74.1 Å². The van der Waals surface area contributed by atoms with Crippen molar-refractivity contribution < 1.29 is 18.9 Å². The number of rotatable bonds is 1. The largest absolute Gasteiger partial charge is 1.00 e. The van der Waals surface area contributed by atoms with Crippen LogP contribution in [0.3, 0.4) is 0 Å². The molecular weight excluding hydrogens is 115 g/mol. The molecule has 0 saturated heterocycles.